The zero-order valence-electron chi connectivity index (χ0n) is 13.2. The second-order valence-corrected chi connectivity index (χ2v) is 5.32. The van der Waals surface area contributed by atoms with Gasteiger partial charge in [-0.05, 0) is 5.92 Å². The number of carbonyl (C=O) groups is 3. The van der Waals surface area contributed by atoms with E-state index in [9.17, 15) is 19.5 Å². The third kappa shape index (κ3) is 5.70. The Labute approximate surface area is 134 Å². The first-order valence-electron chi connectivity index (χ1n) is 7.38. The molecule has 2 amide bonds. The molecule has 0 spiro atoms. The first-order chi connectivity index (χ1) is 10.9. The van der Waals surface area contributed by atoms with Crippen LogP contribution in [-0.4, -0.2) is 51.5 Å². The van der Waals surface area contributed by atoms with Crippen molar-refractivity contribution >= 4 is 17.8 Å². The predicted octanol–water partition coefficient (Wildman–Crippen LogP) is -0.989. The minimum Gasteiger partial charge on any atom is -0.480 e. The van der Waals surface area contributed by atoms with Gasteiger partial charge in [0.1, 0.15) is 12.1 Å². The molecule has 1 aromatic rings. The van der Waals surface area contributed by atoms with Gasteiger partial charge in [-0.3, -0.25) is 9.59 Å². The topological polar surface area (TPSA) is 150 Å². The van der Waals surface area contributed by atoms with Crippen molar-refractivity contribution in [2.45, 2.75) is 38.8 Å². The molecule has 0 aliphatic rings. The van der Waals surface area contributed by atoms with Crippen LogP contribution in [0, 0.1) is 5.92 Å². The van der Waals surface area contributed by atoms with Gasteiger partial charge in [-0.1, -0.05) is 20.3 Å². The molecule has 23 heavy (non-hydrogen) atoms. The fourth-order valence-corrected chi connectivity index (χ4v) is 2.01. The number of rotatable bonds is 9. The lowest BCUT2D eigenvalue weighted by Gasteiger charge is -2.25. The number of aliphatic carboxylic acids is 1. The average molecular weight is 325 g/mol. The number of hydrogen-bond acceptors (Lipinski definition) is 5. The summed E-state index contributed by atoms with van der Waals surface area (Å²) < 4.78 is 0. The van der Waals surface area contributed by atoms with Gasteiger partial charge in [-0.25, -0.2) is 9.78 Å². The average Bonchev–Trinajstić information content (AvgIpc) is 3.03. The molecule has 0 radical (unpaired) electrons. The number of carbonyl (C=O) groups excluding carboxylic acids is 2. The summed E-state index contributed by atoms with van der Waals surface area (Å²) >= 11 is 0. The second kappa shape index (κ2) is 8.89. The standard InChI is InChI=1S/C14H23N5O4/c1-3-8(2)12(19-11(20)5-15)13(21)18-10(14(22)23)4-9-6-16-7-17-9/h6-8,10,12H,3-5,15H2,1-2H3,(H,16,17)(H,18,21)(H,19,20)(H,22,23)/t8-,10-,12-/m0/s1. The summed E-state index contributed by atoms with van der Waals surface area (Å²) in [5, 5.41) is 14.3. The summed E-state index contributed by atoms with van der Waals surface area (Å²) in [7, 11) is 0. The molecular formula is C14H23N5O4. The SMILES string of the molecule is CC[C@H](C)[C@H](NC(=O)CN)C(=O)N[C@@H](Cc1cnc[nH]1)C(=O)O. The Hall–Kier alpha value is -2.42. The van der Waals surface area contributed by atoms with Crippen molar-refractivity contribution in [2.24, 2.45) is 11.7 Å². The van der Waals surface area contributed by atoms with E-state index in [0.29, 0.717) is 12.1 Å². The van der Waals surface area contributed by atoms with Crippen LogP contribution in [0.3, 0.4) is 0 Å². The third-order valence-corrected chi connectivity index (χ3v) is 3.59. The molecule has 6 N–H and O–H groups in total. The third-order valence-electron chi connectivity index (χ3n) is 3.59. The van der Waals surface area contributed by atoms with E-state index in [0.717, 1.165) is 0 Å². The summed E-state index contributed by atoms with van der Waals surface area (Å²) in [5.74, 6) is -2.34. The highest BCUT2D eigenvalue weighted by atomic mass is 16.4. The van der Waals surface area contributed by atoms with Crippen LogP contribution < -0.4 is 16.4 Å². The monoisotopic (exact) mass is 325 g/mol. The van der Waals surface area contributed by atoms with E-state index in [-0.39, 0.29) is 18.9 Å². The van der Waals surface area contributed by atoms with Crippen molar-refractivity contribution in [2.75, 3.05) is 6.54 Å². The molecule has 3 atom stereocenters. The number of nitrogens with one attached hydrogen (secondary N) is 3. The molecule has 9 heteroatoms. The highest BCUT2D eigenvalue weighted by Crippen LogP contribution is 2.09. The van der Waals surface area contributed by atoms with Crippen LogP contribution in [0.25, 0.3) is 0 Å². The van der Waals surface area contributed by atoms with Crippen LogP contribution in [0.15, 0.2) is 12.5 Å². The smallest absolute Gasteiger partial charge is 0.326 e. The lowest BCUT2D eigenvalue weighted by molar-refractivity contribution is -0.142. The Morgan fingerprint density at radius 3 is 2.57 bits per heavy atom. The van der Waals surface area contributed by atoms with Crippen molar-refractivity contribution < 1.29 is 19.5 Å². The second-order valence-electron chi connectivity index (χ2n) is 5.32. The number of aromatic nitrogens is 2. The van der Waals surface area contributed by atoms with Gasteiger partial charge < -0.3 is 26.5 Å². The van der Waals surface area contributed by atoms with Gasteiger partial charge >= 0.3 is 5.97 Å². The Balaban J connectivity index is 2.80. The molecule has 0 unspecified atom stereocenters. The summed E-state index contributed by atoms with van der Waals surface area (Å²) in [6.45, 7) is 3.43. The van der Waals surface area contributed by atoms with E-state index < -0.39 is 29.9 Å². The molecular weight excluding hydrogens is 302 g/mol. The van der Waals surface area contributed by atoms with Crippen LogP contribution in [-0.2, 0) is 20.8 Å². The number of hydrogen-bond donors (Lipinski definition) is 5. The number of carboxylic acids is 1. The van der Waals surface area contributed by atoms with Crippen LogP contribution in [0.2, 0.25) is 0 Å². The van der Waals surface area contributed by atoms with Gasteiger partial charge in [0.15, 0.2) is 0 Å². The van der Waals surface area contributed by atoms with E-state index in [2.05, 4.69) is 20.6 Å². The fraction of sp³-hybridized carbons (Fsp3) is 0.571. The summed E-state index contributed by atoms with van der Waals surface area (Å²) in [4.78, 5) is 41.8. The molecule has 9 nitrogen and oxygen atoms in total. The van der Waals surface area contributed by atoms with Crippen molar-refractivity contribution in [3.8, 4) is 0 Å². The molecule has 1 heterocycles. The van der Waals surface area contributed by atoms with Crippen molar-refractivity contribution in [3.63, 3.8) is 0 Å². The highest BCUT2D eigenvalue weighted by Gasteiger charge is 2.29. The number of H-pyrrole nitrogens is 1. The number of amides is 2. The number of carboxylic acid groups (broad SMARTS) is 1. The zero-order valence-corrected chi connectivity index (χ0v) is 13.2. The summed E-state index contributed by atoms with van der Waals surface area (Å²) in [5.41, 5.74) is 5.84. The Bertz CT molecular complexity index is 531. The molecule has 0 aliphatic carbocycles. The highest BCUT2D eigenvalue weighted by molar-refractivity contribution is 5.91. The van der Waals surface area contributed by atoms with E-state index in [1.165, 1.54) is 12.5 Å². The largest absolute Gasteiger partial charge is 0.480 e. The number of nitrogens with two attached hydrogens (primary N) is 1. The van der Waals surface area contributed by atoms with Crippen LogP contribution >= 0.6 is 0 Å². The Morgan fingerprint density at radius 1 is 1.39 bits per heavy atom. The summed E-state index contributed by atoms with van der Waals surface area (Å²) in [6, 6.07) is -1.95. The van der Waals surface area contributed by atoms with E-state index in [4.69, 9.17) is 5.73 Å². The van der Waals surface area contributed by atoms with Gasteiger partial charge in [0.2, 0.25) is 11.8 Å². The molecule has 0 aliphatic heterocycles. The normalized spacial score (nSPS) is 14.6. The van der Waals surface area contributed by atoms with Crippen LogP contribution in [0.1, 0.15) is 26.0 Å². The van der Waals surface area contributed by atoms with Gasteiger partial charge in [0.25, 0.3) is 0 Å². The molecule has 128 valence electrons. The van der Waals surface area contributed by atoms with E-state index in [1.54, 1.807) is 6.92 Å². The Morgan fingerprint density at radius 2 is 2.09 bits per heavy atom. The maximum absolute atomic E-state index is 12.4. The molecule has 1 rings (SSSR count). The Kier molecular flexibility index (Phi) is 7.20. The molecule has 0 saturated heterocycles. The fourth-order valence-electron chi connectivity index (χ4n) is 2.01. The zero-order chi connectivity index (χ0) is 17.4. The maximum Gasteiger partial charge on any atom is 0.326 e. The van der Waals surface area contributed by atoms with Crippen LogP contribution in [0.4, 0.5) is 0 Å². The maximum atomic E-state index is 12.4. The van der Waals surface area contributed by atoms with Gasteiger partial charge in [-0.15, -0.1) is 0 Å². The first-order valence-corrected chi connectivity index (χ1v) is 7.38. The van der Waals surface area contributed by atoms with Crippen molar-refractivity contribution in [1.82, 2.24) is 20.6 Å². The quantitative estimate of drug-likeness (QED) is 0.393. The first kappa shape index (κ1) is 18.6. The number of nitrogens with zero attached hydrogens (tertiary/aromatic N) is 1. The summed E-state index contributed by atoms with van der Waals surface area (Å²) in [6.07, 6.45) is 3.63. The minimum atomic E-state index is -1.17. The van der Waals surface area contributed by atoms with Crippen molar-refractivity contribution in [3.05, 3.63) is 18.2 Å². The predicted molar refractivity (Wildman–Crippen MR) is 82.3 cm³/mol. The molecule has 0 saturated carbocycles. The lowest BCUT2D eigenvalue weighted by atomic mass is 9.97. The number of imidazole rings is 1. The van der Waals surface area contributed by atoms with E-state index >= 15 is 0 Å². The molecule has 0 aromatic carbocycles. The molecule has 0 bridgehead atoms. The molecule has 1 aromatic heterocycles. The minimum absolute atomic E-state index is 0.0686. The van der Waals surface area contributed by atoms with Gasteiger partial charge in [0, 0.05) is 18.3 Å². The van der Waals surface area contributed by atoms with Crippen molar-refractivity contribution in [1.29, 1.82) is 0 Å². The van der Waals surface area contributed by atoms with Gasteiger partial charge in [-0.2, -0.15) is 0 Å². The molecule has 0 fully saturated rings. The number of aromatic amines is 1. The lowest BCUT2D eigenvalue weighted by Crippen LogP contribution is -2.55. The van der Waals surface area contributed by atoms with Gasteiger partial charge in [0.05, 0.1) is 12.9 Å². The van der Waals surface area contributed by atoms with Crippen LogP contribution in [0.5, 0.6) is 0 Å². The van der Waals surface area contributed by atoms with E-state index in [1.807, 2.05) is 6.92 Å².